The Balaban J connectivity index is 1.45. The number of piperidine rings is 1. The molecule has 0 aliphatic carbocycles. The Morgan fingerprint density at radius 2 is 2.00 bits per heavy atom. The second-order valence-corrected chi connectivity index (χ2v) is 7.60. The van der Waals surface area contributed by atoms with Gasteiger partial charge >= 0.3 is 6.18 Å². The molecule has 3 rings (SSSR count). The number of para-hydroxylation sites is 1. The maximum Gasteiger partial charge on any atom is 0.417 e. The number of carbonyl (C=O) groups excluding carboxylic acids is 1. The van der Waals surface area contributed by atoms with Crippen LogP contribution < -0.4 is 15.0 Å². The monoisotopic (exact) mass is 441 g/mol. The van der Waals surface area contributed by atoms with Crippen LogP contribution in [0, 0.1) is 12.8 Å². The standard InChI is InChI=1S/C21H23ClF3N3O2/c1-14-4-2-3-5-18(14)30-11-8-26-20(29)15-6-9-28(10-7-15)19-17(22)12-16(13-27-19)21(23,24)25/h2-5,12-13,15H,6-11H2,1H3,(H,26,29). The number of ether oxygens (including phenoxy) is 1. The van der Waals surface area contributed by atoms with Crippen LogP contribution in [0.2, 0.25) is 5.02 Å². The molecule has 0 unspecified atom stereocenters. The molecule has 162 valence electrons. The van der Waals surface area contributed by atoms with Crippen LogP contribution in [0.4, 0.5) is 19.0 Å². The van der Waals surface area contributed by atoms with E-state index in [0.29, 0.717) is 44.9 Å². The molecule has 0 radical (unpaired) electrons. The highest BCUT2D eigenvalue weighted by molar-refractivity contribution is 6.33. The first-order chi connectivity index (χ1) is 14.3. The molecule has 2 heterocycles. The summed E-state index contributed by atoms with van der Waals surface area (Å²) in [4.78, 5) is 18.1. The molecule has 0 atom stereocenters. The summed E-state index contributed by atoms with van der Waals surface area (Å²) in [6, 6.07) is 8.56. The molecule has 1 saturated heterocycles. The zero-order valence-corrected chi connectivity index (χ0v) is 17.3. The number of rotatable bonds is 6. The predicted octanol–water partition coefficient (Wildman–Crippen LogP) is 4.47. The summed E-state index contributed by atoms with van der Waals surface area (Å²) in [7, 11) is 0. The molecule has 1 aromatic carbocycles. The zero-order chi connectivity index (χ0) is 21.7. The van der Waals surface area contributed by atoms with Crippen molar-refractivity contribution in [1.29, 1.82) is 0 Å². The third-order valence-electron chi connectivity index (χ3n) is 5.07. The SMILES string of the molecule is Cc1ccccc1OCCNC(=O)C1CCN(c2ncc(C(F)(F)F)cc2Cl)CC1. The normalized spacial score (nSPS) is 15.2. The number of alkyl halides is 3. The minimum Gasteiger partial charge on any atom is -0.491 e. The van der Waals surface area contributed by atoms with Crippen molar-refractivity contribution in [2.75, 3.05) is 31.1 Å². The van der Waals surface area contributed by atoms with Gasteiger partial charge in [0.05, 0.1) is 17.1 Å². The van der Waals surface area contributed by atoms with Crippen LogP contribution in [0.5, 0.6) is 5.75 Å². The van der Waals surface area contributed by atoms with E-state index < -0.39 is 11.7 Å². The van der Waals surface area contributed by atoms with E-state index in [2.05, 4.69) is 10.3 Å². The highest BCUT2D eigenvalue weighted by Gasteiger charge is 2.33. The van der Waals surface area contributed by atoms with Crippen LogP contribution in [-0.2, 0) is 11.0 Å². The van der Waals surface area contributed by atoms with Crippen LogP contribution in [0.25, 0.3) is 0 Å². The van der Waals surface area contributed by atoms with Crippen molar-refractivity contribution in [2.24, 2.45) is 5.92 Å². The van der Waals surface area contributed by atoms with Gasteiger partial charge < -0.3 is 15.0 Å². The summed E-state index contributed by atoms with van der Waals surface area (Å²) >= 11 is 6.02. The minimum atomic E-state index is -4.48. The van der Waals surface area contributed by atoms with Crippen molar-refractivity contribution in [1.82, 2.24) is 10.3 Å². The van der Waals surface area contributed by atoms with Crippen molar-refractivity contribution in [3.8, 4) is 5.75 Å². The maximum atomic E-state index is 12.8. The molecule has 1 fully saturated rings. The molecule has 1 aromatic heterocycles. The van der Waals surface area contributed by atoms with E-state index >= 15 is 0 Å². The summed E-state index contributed by atoms with van der Waals surface area (Å²) in [5, 5.41) is 2.84. The lowest BCUT2D eigenvalue weighted by atomic mass is 9.96. The molecule has 5 nitrogen and oxygen atoms in total. The van der Waals surface area contributed by atoms with Gasteiger partial charge in [0.25, 0.3) is 0 Å². The number of anilines is 1. The quantitative estimate of drug-likeness (QED) is 0.672. The highest BCUT2D eigenvalue weighted by Crippen LogP contribution is 2.34. The average molecular weight is 442 g/mol. The number of aromatic nitrogens is 1. The predicted molar refractivity (Wildman–Crippen MR) is 109 cm³/mol. The van der Waals surface area contributed by atoms with Crippen LogP contribution in [0.15, 0.2) is 36.5 Å². The smallest absolute Gasteiger partial charge is 0.417 e. The number of hydrogen-bond donors (Lipinski definition) is 1. The fourth-order valence-electron chi connectivity index (χ4n) is 3.37. The highest BCUT2D eigenvalue weighted by atomic mass is 35.5. The van der Waals surface area contributed by atoms with Crippen molar-refractivity contribution < 1.29 is 22.7 Å². The number of pyridine rings is 1. The van der Waals surface area contributed by atoms with Gasteiger partial charge in [-0.05, 0) is 37.5 Å². The van der Waals surface area contributed by atoms with Gasteiger partial charge in [-0.1, -0.05) is 29.8 Å². The summed E-state index contributed by atoms with van der Waals surface area (Å²) in [6.45, 7) is 3.73. The van der Waals surface area contributed by atoms with E-state index in [-0.39, 0.29) is 16.8 Å². The number of halogens is 4. The number of benzene rings is 1. The fraction of sp³-hybridized carbons (Fsp3) is 0.429. The number of nitrogens with zero attached hydrogens (tertiary/aromatic N) is 2. The molecular formula is C21H23ClF3N3O2. The van der Waals surface area contributed by atoms with Crippen LogP contribution in [0.1, 0.15) is 24.0 Å². The number of hydrogen-bond acceptors (Lipinski definition) is 4. The van der Waals surface area contributed by atoms with Gasteiger partial charge in [0.2, 0.25) is 5.91 Å². The third-order valence-corrected chi connectivity index (χ3v) is 5.34. The fourth-order valence-corrected chi connectivity index (χ4v) is 3.66. The van der Waals surface area contributed by atoms with Crippen molar-refractivity contribution >= 4 is 23.3 Å². The Labute approximate surface area is 178 Å². The van der Waals surface area contributed by atoms with Gasteiger partial charge in [-0.2, -0.15) is 13.2 Å². The molecule has 2 aromatic rings. The van der Waals surface area contributed by atoms with Crippen molar-refractivity contribution in [3.05, 3.63) is 52.7 Å². The molecule has 0 saturated carbocycles. The zero-order valence-electron chi connectivity index (χ0n) is 16.5. The van der Waals surface area contributed by atoms with Crippen LogP contribution in [0.3, 0.4) is 0 Å². The minimum absolute atomic E-state index is 0.0407. The van der Waals surface area contributed by atoms with Gasteiger partial charge in [0.15, 0.2) is 0 Å². The summed E-state index contributed by atoms with van der Waals surface area (Å²) in [5.74, 6) is 0.901. The van der Waals surface area contributed by atoms with Crippen molar-refractivity contribution in [3.63, 3.8) is 0 Å². The van der Waals surface area contributed by atoms with Crippen LogP contribution >= 0.6 is 11.6 Å². The van der Waals surface area contributed by atoms with Gasteiger partial charge in [0, 0.05) is 25.2 Å². The van der Waals surface area contributed by atoms with Gasteiger partial charge in [-0.25, -0.2) is 4.98 Å². The molecule has 1 aliphatic heterocycles. The molecule has 30 heavy (non-hydrogen) atoms. The van der Waals surface area contributed by atoms with Gasteiger partial charge in [-0.15, -0.1) is 0 Å². The molecule has 0 bridgehead atoms. The topological polar surface area (TPSA) is 54.5 Å². The van der Waals surface area contributed by atoms with Gasteiger partial charge in [-0.3, -0.25) is 4.79 Å². The largest absolute Gasteiger partial charge is 0.491 e. The van der Waals surface area contributed by atoms with E-state index in [1.54, 1.807) is 0 Å². The summed E-state index contributed by atoms with van der Waals surface area (Å²) in [6.07, 6.45) is -2.55. The Morgan fingerprint density at radius 3 is 2.63 bits per heavy atom. The maximum absolute atomic E-state index is 12.8. The lowest BCUT2D eigenvalue weighted by Gasteiger charge is -2.32. The molecule has 9 heteroatoms. The second-order valence-electron chi connectivity index (χ2n) is 7.19. The van der Waals surface area contributed by atoms with E-state index in [1.807, 2.05) is 36.1 Å². The summed E-state index contributed by atoms with van der Waals surface area (Å²) < 4.78 is 43.9. The lowest BCUT2D eigenvalue weighted by Crippen LogP contribution is -2.41. The van der Waals surface area contributed by atoms with E-state index in [9.17, 15) is 18.0 Å². The first-order valence-corrected chi connectivity index (χ1v) is 10.1. The number of aryl methyl sites for hydroxylation is 1. The van der Waals surface area contributed by atoms with E-state index in [0.717, 1.165) is 23.6 Å². The molecule has 1 N–H and O–H groups in total. The number of amides is 1. The summed E-state index contributed by atoms with van der Waals surface area (Å²) in [5.41, 5.74) is 0.158. The second kappa shape index (κ2) is 9.55. The lowest BCUT2D eigenvalue weighted by molar-refractivity contribution is -0.137. The average Bonchev–Trinajstić information content (AvgIpc) is 2.71. The Kier molecular flexibility index (Phi) is 7.07. The Hall–Kier alpha value is -2.48. The molecule has 1 aliphatic rings. The first-order valence-electron chi connectivity index (χ1n) is 9.69. The number of carbonyl (C=O) groups is 1. The number of nitrogens with one attached hydrogen (secondary N) is 1. The Morgan fingerprint density at radius 1 is 1.30 bits per heavy atom. The molecular weight excluding hydrogens is 419 g/mol. The third kappa shape index (κ3) is 5.56. The molecule has 0 spiro atoms. The van der Waals surface area contributed by atoms with Crippen LogP contribution in [-0.4, -0.2) is 37.1 Å². The Bertz CT molecular complexity index is 884. The van der Waals surface area contributed by atoms with E-state index in [1.165, 1.54) is 0 Å². The molecule has 1 amide bonds. The van der Waals surface area contributed by atoms with Gasteiger partial charge in [0.1, 0.15) is 18.2 Å². The first kappa shape index (κ1) is 22.2. The van der Waals surface area contributed by atoms with E-state index in [4.69, 9.17) is 16.3 Å². The van der Waals surface area contributed by atoms with Crippen molar-refractivity contribution in [2.45, 2.75) is 25.9 Å².